The fourth-order valence-electron chi connectivity index (χ4n) is 2.19. The van der Waals surface area contributed by atoms with Gasteiger partial charge < -0.3 is 10.6 Å². The van der Waals surface area contributed by atoms with Crippen molar-refractivity contribution in [2.75, 3.05) is 19.3 Å². The van der Waals surface area contributed by atoms with Crippen LogP contribution >= 0.6 is 0 Å². The van der Waals surface area contributed by atoms with Gasteiger partial charge in [0.05, 0.1) is 12.2 Å². The summed E-state index contributed by atoms with van der Waals surface area (Å²) in [6, 6.07) is 0.177. The molecule has 2 unspecified atom stereocenters. The van der Waals surface area contributed by atoms with E-state index in [1.54, 1.807) is 13.8 Å². The Bertz CT molecular complexity index is 406. The predicted molar refractivity (Wildman–Crippen MR) is 70.6 cm³/mol. The number of hydrogen-bond acceptors (Lipinski definition) is 4. The number of hydrogen-bond donors (Lipinski definition) is 3. The van der Waals surface area contributed by atoms with E-state index in [2.05, 4.69) is 15.4 Å². The van der Waals surface area contributed by atoms with E-state index >= 15 is 0 Å². The van der Waals surface area contributed by atoms with Gasteiger partial charge in [0.15, 0.2) is 0 Å². The van der Waals surface area contributed by atoms with Crippen LogP contribution in [0.15, 0.2) is 0 Å². The summed E-state index contributed by atoms with van der Waals surface area (Å²) in [7, 11) is -3.27. The van der Waals surface area contributed by atoms with Gasteiger partial charge in [-0.05, 0) is 33.7 Å². The Morgan fingerprint density at radius 2 is 2.06 bits per heavy atom. The molecule has 18 heavy (non-hydrogen) atoms. The molecule has 2 atom stereocenters. The van der Waals surface area contributed by atoms with E-state index in [0.29, 0.717) is 0 Å². The van der Waals surface area contributed by atoms with E-state index in [1.165, 1.54) is 0 Å². The van der Waals surface area contributed by atoms with Crippen molar-refractivity contribution in [1.82, 2.24) is 15.4 Å². The highest BCUT2D eigenvalue weighted by Gasteiger charge is 2.30. The summed E-state index contributed by atoms with van der Waals surface area (Å²) in [5, 5.41) is 6.03. The van der Waals surface area contributed by atoms with Crippen molar-refractivity contribution < 1.29 is 13.2 Å². The lowest BCUT2D eigenvalue weighted by molar-refractivity contribution is -0.125. The maximum Gasteiger partial charge on any atom is 0.224 e. The molecule has 7 heteroatoms. The van der Waals surface area contributed by atoms with Crippen molar-refractivity contribution in [3.63, 3.8) is 0 Å². The van der Waals surface area contributed by atoms with Crippen molar-refractivity contribution >= 4 is 15.9 Å². The minimum absolute atomic E-state index is 0.0177. The molecule has 0 aromatic rings. The van der Waals surface area contributed by atoms with Gasteiger partial charge in [-0.15, -0.1) is 0 Å². The summed E-state index contributed by atoms with van der Waals surface area (Å²) in [5.41, 5.74) is -0.682. The summed E-state index contributed by atoms with van der Waals surface area (Å²) < 4.78 is 24.8. The highest BCUT2D eigenvalue weighted by atomic mass is 32.2. The molecule has 0 aromatic heterocycles. The second-order valence-electron chi connectivity index (χ2n) is 5.61. The second-order valence-corrected chi connectivity index (χ2v) is 7.36. The van der Waals surface area contributed by atoms with E-state index in [9.17, 15) is 13.2 Å². The number of amides is 1. The molecule has 0 spiro atoms. The summed E-state index contributed by atoms with van der Waals surface area (Å²) in [5.74, 6) is -0.0464. The third-order valence-electron chi connectivity index (χ3n) is 3.03. The predicted octanol–water partition coefficient (Wildman–Crippen LogP) is -0.572. The Kier molecular flexibility index (Phi) is 4.74. The maximum atomic E-state index is 11.9. The molecule has 6 nitrogen and oxygen atoms in total. The number of carbonyl (C=O) groups excluding carboxylic acids is 1. The first-order valence-electron chi connectivity index (χ1n) is 6.11. The highest BCUT2D eigenvalue weighted by molar-refractivity contribution is 7.88. The Hall–Kier alpha value is -0.660. The Balaban J connectivity index is 2.47. The fourth-order valence-corrected chi connectivity index (χ4v) is 3.27. The first kappa shape index (κ1) is 15.4. The minimum atomic E-state index is -3.27. The van der Waals surface area contributed by atoms with Crippen LogP contribution in [0.4, 0.5) is 0 Å². The molecule has 1 rings (SSSR count). The monoisotopic (exact) mass is 277 g/mol. The zero-order chi connectivity index (χ0) is 14.0. The number of sulfonamides is 1. The van der Waals surface area contributed by atoms with Crippen LogP contribution in [0.2, 0.25) is 0 Å². The average Bonchev–Trinajstić information content (AvgIpc) is 2.57. The molecule has 1 amide bonds. The molecule has 1 aliphatic rings. The number of nitrogens with one attached hydrogen (secondary N) is 3. The lowest BCUT2D eigenvalue weighted by atomic mass is 10.0. The summed E-state index contributed by atoms with van der Waals surface area (Å²) in [6.07, 6.45) is 1.94. The van der Waals surface area contributed by atoms with Crippen LogP contribution in [0.3, 0.4) is 0 Å². The van der Waals surface area contributed by atoms with Crippen molar-refractivity contribution in [3.8, 4) is 0 Å². The van der Waals surface area contributed by atoms with Gasteiger partial charge in [-0.2, -0.15) is 0 Å². The average molecular weight is 277 g/mol. The van der Waals surface area contributed by atoms with Gasteiger partial charge in [-0.3, -0.25) is 4.79 Å². The topological polar surface area (TPSA) is 87.3 Å². The molecule has 1 saturated heterocycles. The van der Waals surface area contributed by atoms with Gasteiger partial charge >= 0.3 is 0 Å². The van der Waals surface area contributed by atoms with Crippen LogP contribution in [0.5, 0.6) is 0 Å². The maximum absolute atomic E-state index is 11.9. The summed E-state index contributed by atoms with van der Waals surface area (Å²) in [6.45, 7) is 6.60. The van der Waals surface area contributed by atoms with Crippen LogP contribution < -0.4 is 15.4 Å². The van der Waals surface area contributed by atoms with Crippen molar-refractivity contribution in [1.29, 1.82) is 0 Å². The van der Waals surface area contributed by atoms with Gasteiger partial charge in [0.1, 0.15) is 0 Å². The molecular weight excluding hydrogens is 254 g/mol. The molecule has 0 bridgehead atoms. The van der Waals surface area contributed by atoms with Crippen LogP contribution in [-0.4, -0.2) is 45.3 Å². The molecule has 0 radical (unpaired) electrons. The molecular formula is C11H23N3O3S. The molecule has 3 N–H and O–H groups in total. The molecule has 1 aliphatic heterocycles. The van der Waals surface area contributed by atoms with Gasteiger partial charge in [-0.1, -0.05) is 0 Å². The van der Waals surface area contributed by atoms with Crippen LogP contribution in [0, 0.1) is 5.92 Å². The summed E-state index contributed by atoms with van der Waals surface area (Å²) >= 11 is 0. The zero-order valence-corrected chi connectivity index (χ0v) is 12.2. The number of rotatable bonds is 5. The zero-order valence-electron chi connectivity index (χ0n) is 11.4. The van der Waals surface area contributed by atoms with Crippen LogP contribution in [0.25, 0.3) is 0 Å². The van der Waals surface area contributed by atoms with E-state index in [4.69, 9.17) is 0 Å². The van der Waals surface area contributed by atoms with Gasteiger partial charge in [0, 0.05) is 18.1 Å². The molecule has 106 valence electrons. The quantitative estimate of drug-likeness (QED) is 0.628. The van der Waals surface area contributed by atoms with Crippen LogP contribution in [-0.2, 0) is 14.8 Å². The molecule has 0 aliphatic carbocycles. The Morgan fingerprint density at radius 1 is 1.44 bits per heavy atom. The largest absolute Gasteiger partial charge is 0.354 e. The Labute approximate surface area is 109 Å². The van der Waals surface area contributed by atoms with Crippen molar-refractivity contribution in [3.05, 3.63) is 0 Å². The molecule has 1 heterocycles. The van der Waals surface area contributed by atoms with E-state index < -0.39 is 15.6 Å². The second kappa shape index (κ2) is 5.54. The van der Waals surface area contributed by atoms with Gasteiger partial charge in [0.25, 0.3) is 0 Å². The van der Waals surface area contributed by atoms with Gasteiger partial charge in [0.2, 0.25) is 15.9 Å². The van der Waals surface area contributed by atoms with Crippen molar-refractivity contribution in [2.45, 2.75) is 38.8 Å². The third-order valence-corrected chi connectivity index (χ3v) is 3.95. The van der Waals surface area contributed by atoms with E-state index in [-0.39, 0.29) is 24.4 Å². The smallest absolute Gasteiger partial charge is 0.224 e. The lowest BCUT2D eigenvalue weighted by Crippen LogP contribution is -2.52. The Morgan fingerprint density at radius 3 is 2.50 bits per heavy atom. The number of carbonyl (C=O) groups is 1. The normalized spacial score (nSPS) is 25.1. The van der Waals surface area contributed by atoms with Crippen LogP contribution in [0.1, 0.15) is 27.2 Å². The molecule has 0 aromatic carbocycles. The summed E-state index contributed by atoms with van der Waals surface area (Å²) in [4.78, 5) is 11.9. The first-order chi connectivity index (χ1) is 8.11. The van der Waals surface area contributed by atoms with Gasteiger partial charge in [-0.25, -0.2) is 13.1 Å². The third kappa shape index (κ3) is 4.91. The fraction of sp³-hybridized carbons (Fsp3) is 0.909. The van der Waals surface area contributed by atoms with Crippen molar-refractivity contribution in [2.24, 2.45) is 5.92 Å². The first-order valence-corrected chi connectivity index (χ1v) is 8.00. The molecule has 0 saturated carbocycles. The highest BCUT2D eigenvalue weighted by Crippen LogP contribution is 2.15. The lowest BCUT2D eigenvalue weighted by Gasteiger charge is -2.26. The van der Waals surface area contributed by atoms with E-state index in [1.807, 2.05) is 6.92 Å². The SMILES string of the molecule is CC1NCCC1C(=O)NCC(C)(C)NS(C)(=O)=O. The van der Waals surface area contributed by atoms with E-state index in [0.717, 1.165) is 19.2 Å². The standard InChI is InChI=1S/C11H23N3O3S/c1-8-9(5-6-12-8)10(15)13-7-11(2,3)14-18(4,16)17/h8-9,12,14H,5-7H2,1-4H3,(H,13,15). The minimum Gasteiger partial charge on any atom is -0.354 e. The molecule has 1 fully saturated rings.